The minimum absolute atomic E-state index is 0.156. The second-order valence-corrected chi connectivity index (χ2v) is 10.3. The van der Waals surface area contributed by atoms with Crippen LogP contribution in [0.25, 0.3) is 0 Å². The van der Waals surface area contributed by atoms with Crippen molar-refractivity contribution >= 4 is 39.8 Å². The first kappa shape index (κ1) is 22.6. The summed E-state index contributed by atoms with van der Waals surface area (Å²) in [7, 11) is 1.37. The molecule has 1 aliphatic carbocycles. The number of hydrogen-bond acceptors (Lipinski definition) is 5. The third-order valence-electron chi connectivity index (χ3n) is 5.63. The Labute approximate surface area is 186 Å². The first-order valence-corrected chi connectivity index (χ1v) is 11.2. The minimum Gasteiger partial charge on any atom is -0.483 e. The van der Waals surface area contributed by atoms with Crippen molar-refractivity contribution in [1.82, 2.24) is 0 Å². The van der Waals surface area contributed by atoms with E-state index in [-0.39, 0.29) is 17.9 Å². The predicted molar refractivity (Wildman–Crippen MR) is 121 cm³/mol. The van der Waals surface area contributed by atoms with E-state index in [1.807, 2.05) is 6.92 Å². The molecule has 5 nitrogen and oxygen atoms in total. The van der Waals surface area contributed by atoms with E-state index in [1.54, 1.807) is 18.2 Å². The van der Waals surface area contributed by atoms with Crippen molar-refractivity contribution in [1.29, 1.82) is 0 Å². The average molecular weight is 450 g/mol. The van der Waals surface area contributed by atoms with Gasteiger partial charge in [0.2, 0.25) is 0 Å². The molecule has 0 saturated heterocycles. The van der Waals surface area contributed by atoms with Crippen molar-refractivity contribution in [2.45, 2.75) is 47.0 Å². The van der Waals surface area contributed by atoms with Crippen LogP contribution in [0.5, 0.6) is 5.75 Å². The number of fused-ring (bicyclic) bond motifs is 1. The van der Waals surface area contributed by atoms with E-state index in [9.17, 15) is 9.59 Å². The van der Waals surface area contributed by atoms with Gasteiger partial charge in [-0.2, -0.15) is 0 Å². The number of ether oxygens (including phenoxy) is 2. The lowest BCUT2D eigenvalue weighted by molar-refractivity contribution is -0.118. The molecule has 7 heteroatoms. The minimum atomic E-state index is -0.411. The number of carbonyl (C=O) groups is 2. The Hall–Kier alpha value is -2.05. The number of methoxy groups -OCH3 is 1. The molecular formula is C23H28ClNO4S. The number of amides is 1. The fourth-order valence-electron chi connectivity index (χ4n) is 3.81. The fourth-order valence-corrected chi connectivity index (χ4v) is 5.37. The molecule has 1 aromatic carbocycles. The maximum atomic E-state index is 12.6. The van der Waals surface area contributed by atoms with Crippen LogP contribution in [0, 0.1) is 18.3 Å². The van der Waals surface area contributed by atoms with Crippen molar-refractivity contribution in [3.05, 3.63) is 44.8 Å². The molecule has 0 fully saturated rings. The highest BCUT2D eigenvalue weighted by Crippen LogP contribution is 2.44. The van der Waals surface area contributed by atoms with E-state index in [0.717, 1.165) is 35.3 Å². The van der Waals surface area contributed by atoms with E-state index in [1.165, 1.54) is 18.4 Å². The van der Waals surface area contributed by atoms with Crippen molar-refractivity contribution in [3.8, 4) is 5.75 Å². The van der Waals surface area contributed by atoms with Crippen LogP contribution < -0.4 is 10.1 Å². The van der Waals surface area contributed by atoms with Crippen molar-refractivity contribution in [3.63, 3.8) is 0 Å². The summed E-state index contributed by atoms with van der Waals surface area (Å²) < 4.78 is 10.6. The van der Waals surface area contributed by atoms with E-state index >= 15 is 0 Å². The summed E-state index contributed by atoms with van der Waals surface area (Å²) in [5.74, 6) is 0.405. The van der Waals surface area contributed by atoms with Gasteiger partial charge in [0, 0.05) is 9.90 Å². The SMILES string of the molecule is COC(=O)c1c(NC(=O)COc2ccc(Cl)cc2C)sc2c1CCC(C(C)(C)C)C2. The molecule has 0 radical (unpaired) electrons. The van der Waals surface area contributed by atoms with Crippen LogP contribution in [0.15, 0.2) is 18.2 Å². The summed E-state index contributed by atoms with van der Waals surface area (Å²) >= 11 is 7.43. The molecule has 1 atom stereocenters. The topological polar surface area (TPSA) is 64.6 Å². The molecule has 0 saturated carbocycles. The van der Waals surface area contributed by atoms with Gasteiger partial charge in [-0.1, -0.05) is 32.4 Å². The van der Waals surface area contributed by atoms with Gasteiger partial charge in [-0.25, -0.2) is 4.79 Å². The molecule has 3 rings (SSSR count). The third-order valence-corrected chi connectivity index (χ3v) is 7.03. The van der Waals surface area contributed by atoms with Crippen LogP contribution in [0.1, 0.15) is 53.6 Å². The summed E-state index contributed by atoms with van der Waals surface area (Å²) in [6.07, 6.45) is 2.74. The average Bonchev–Trinajstić information content (AvgIpc) is 3.02. The van der Waals surface area contributed by atoms with Crippen LogP contribution in [-0.2, 0) is 22.4 Å². The highest BCUT2D eigenvalue weighted by Gasteiger charge is 2.34. The molecule has 0 bridgehead atoms. The number of thiophene rings is 1. The van der Waals surface area contributed by atoms with Gasteiger partial charge in [-0.15, -0.1) is 11.3 Å². The van der Waals surface area contributed by atoms with Gasteiger partial charge in [0.05, 0.1) is 12.7 Å². The summed E-state index contributed by atoms with van der Waals surface area (Å²) in [6.45, 7) is 8.45. The van der Waals surface area contributed by atoms with Crippen LogP contribution in [0.2, 0.25) is 5.02 Å². The first-order chi connectivity index (χ1) is 14.1. The van der Waals surface area contributed by atoms with Gasteiger partial charge in [-0.3, -0.25) is 4.79 Å². The standard InChI is InChI=1S/C23H28ClNO4S/c1-13-10-15(24)7-9-17(13)29-12-19(26)25-21-20(22(27)28-5)16-8-6-14(23(2,3)4)11-18(16)30-21/h7,9-10,14H,6,8,11-12H2,1-5H3,(H,25,26). The molecule has 1 aliphatic rings. The zero-order valence-electron chi connectivity index (χ0n) is 18.1. The Morgan fingerprint density at radius 3 is 2.67 bits per heavy atom. The number of aryl methyl sites for hydroxylation is 1. The van der Waals surface area contributed by atoms with E-state index < -0.39 is 5.97 Å². The number of anilines is 1. The molecule has 0 spiro atoms. The Balaban J connectivity index is 1.77. The molecule has 2 aromatic rings. The zero-order chi connectivity index (χ0) is 22.1. The highest BCUT2D eigenvalue weighted by atomic mass is 35.5. The largest absolute Gasteiger partial charge is 0.483 e. The second kappa shape index (κ2) is 8.98. The molecule has 0 aliphatic heterocycles. The molecular weight excluding hydrogens is 422 g/mol. The first-order valence-electron chi connectivity index (χ1n) is 10.0. The quantitative estimate of drug-likeness (QED) is 0.597. The normalized spacial score (nSPS) is 16.0. The van der Waals surface area contributed by atoms with Gasteiger partial charge in [-0.05, 0) is 66.8 Å². The molecule has 1 amide bonds. The highest BCUT2D eigenvalue weighted by molar-refractivity contribution is 7.17. The number of esters is 1. The monoisotopic (exact) mass is 449 g/mol. The Morgan fingerprint density at radius 2 is 2.03 bits per heavy atom. The summed E-state index contributed by atoms with van der Waals surface area (Å²) in [5.41, 5.74) is 2.55. The van der Waals surface area contributed by atoms with Crippen LogP contribution in [0.3, 0.4) is 0 Å². The van der Waals surface area contributed by atoms with Crippen LogP contribution in [-0.4, -0.2) is 25.6 Å². The van der Waals surface area contributed by atoms with Crippen LogP contribution in [0.4, 0.5) is 5.00 Å². The number of nitrogens with one attached hydrogen (secondary N) is 1. The Morgan fingerprint density at radius 1 is 1.30 bits per heavy atom. The fraction of sp³-hybridized carbons (Fsp3) is 0.478. The van der Waals surface area contributed by atoms with Gasteiger partial charge < -0.3 is 14.8 Å². The zero-order valence-corrected chi connectivity index (χ0v) is 19.6. The van der Waals surface area contributed by atoms with Gasteiger partial charge in [0.15, 0.2) is 6.61 Å². The summed E-state index contributed by atoms with van der Waals surface area (Å²) in [6, 6.07) is 5.24. The van der Waals surface area contributed by atoms with E-state index in [0.29, 0.717) is 27.3 Å². The van der Waals surface area contributed by atoms with Gasteiger partial charge in [0.1, 0.15) is 10.8 Å². The van der Waals surface area contributed by atoms with E-state index in [2.05, 4.69) is 26.1 Å². The Bertz CT molecular complexity index is 961. The lowest BCUT2D eigenvalue weighted by atomic mass is 9.72. The summed E-state index contributed by atoms with van der Waals surface area (Å²) in [5, 5.41) is 4.03. The number of carbonyl (C=O) groups excluding carboxylic acids is 2. The number of hydrogen-bond donors (Lipinski definition) is 1. The third kappa shape index (κ3) is 4.98. The molecule has 162 valence electrons. The number of benzene rings is 1. The lowest BCUT2D eigenvalue weighted by Crippen LogP contribution is -2.26. The molecule has 1 aromatic heterocycles. The predicted octanol–water partition coefficient (Wildman–Crippen LogP) is 5.67. The van der Waals surface area contributed by atoms with Gasteiger partial charge in [0.25, 0.3) is 5.91 Å². The number of halogens is 1. The van der Waals surface area contributed by atoms with Gasteiger partial charge >= 0.3 is 5.97 Å². The Kier molecular flexibility index (Phi) is 6.78. The smallest absolute Gasteiger partial charge is 0.341 e. The van der Waals surface area contributed by atoms with Crippen molar-refractivity contribution in [2.75, 3.05) is 19.0 Å². The maximum absolute atomic E-state index is 12.6. The lowest BCUT2D eigenvalue weighted by Gasteiger charge is -2.33. The van der Waals surface area contributed by atoms with E-state index in [4.69, 9.17) is 21.1 Å². The second-order valence-electron chi connectivity index (χ2n) is 8.75. The molecule has 1 unspecified atom stereocenters. The van der Waals surface area contributed by atoms with Crippen molar-refractivity contribution < 1.29 is 19.1 Å². The molecule has 1 N–H and O–H groups in total. The molecule has 30 heavy (non-hydrogen) atoms. The van der Waals surface area contributed by atoms with Crippen LogP contribution >= 0.6 is 22.9 Å². The van der Waals surface area contributed by atoms with Crippen molar-refractivity contribution in [2.24, 2.45) is 11.3 Å². The molecule has 1 heterocycles. The summed E-state index contributed by atoms with van der Waals surface area (Å²) in [4.78, 5) is 26.2. The number of rotatable bonds is 5. The maximum Gasteiger partial charge on any atom is 0.341 e.